The van der Waals surface area contributed by atoms with Crippen LogP contribution in [-0.4, -0.2) is 13.1 Å². The lowest BCUT2D eigenvalue weighted by atomic mass is 9.89. The van der Waals surface area contributed by atoms with Crippen molar-refractivity contribution in [1.29, 1.82) is 0 Å². The van der Waals surface area contributed by atoms with E-state index >= 15 is 0 Å². The van der Waals surface area contributed by atoms with Crippen LogP contribution in [0.2, 0.25) is 0 Å². The van der Waals surface area contributed by atoms with Crippen LogP contribution in [0.4, 0.5) is 0 Å². The van der Waals surface area contributed by atoms with Crippen molar-refractivity contribution in [3.8, 4) is 0 Å². The second-order valence-corrected chi connectivity index (χ2v) is 11.8. The van der Waals surface area contributed by atoms with Gasteiger partial charge in [-0.2, -0.15) is 0 Å². The first-order chi connectivity index (χ1) is 17.3. The van der Waals surface area contributed by atoms with E-state index in [2.05, 4.69) is 26.1 Å². The topological polar surface area (TPSA) is 12.0 Å². The molecule has 35 heavy (non-hydrogen) atoms. The Hall–Kier alpha value is -0.0400. The van der Waals surface area contributed by atoms with Crippen molar-refractivity contribution in [2.75, 3.05) is 13.1 Å². The number of hydrogen-bond donors (Lipinski definition) is 1. The molecule has 0 atom stereocenters. The predicted octanol–water partition coefficient (Wildman–Crippen LogP) is 12.2. The molecule has 0 spiro atoms. The molecule has 1 N–H and O–H groups in total. The Kier molecular flexibility index (Phi) is 32.0. The fraction of sp³-hybridized carbons (Fsp3) is 1.00. The molecule has 0 bridgehead atoms. The molecule has 0 fully saturated rings. The summed E-state index contributed by atoms with van der Waals surface area (Å²) in [5, 5.41) is 3.69. The number of rotatable bonds is 31. The summed E-state index contributed by atoms with van der Waals surface area (Å²) in [6.45, 7) is 9.44. The van der Waals surface area contributed by atoms with Crippen LogP contribution in [0.3, 0.4) is 0 Å². The Morgan fingerprint density at radius 2 is 0.571 bits per heavy atom. The first-order valence-electron chi connectivity index (χ1n) is 17.1. The summed E-state index contributed by atoms with van der Waals surface area (Å²) in [6, 6.07) is 0. The Morgan fingerprint density at radius 1 is 0.314 bits per heavy atom. The van der Waals surface area contributed by atoms with Crippen molar-refractivity contribution in [3.05, 3.63) is 0 Å². The van der Waals surface area contributed by atoms with Crippen molar-refractivity contribution < 1.29 is 0 Å². The summed E-state index contributed by atoms with van der Waals surface area (Å²) in [5.74, 6) is 1.03. The summed E-state index contributed by atoms with van der Waals surface area (Å²) in [5.41, 5.74) is 0. The molecule has 0 aromatic rings. The van der Waals surface area contributed by atoms with E-state index in [-0.39, 0.29) is 0 Å². The lowest BCUT2D eigenvalue weighted by Crippen LogP contribution is -2.16. The minimum atomic E-state index is 1.03. The maximum atomic E-state index is 3.69. The minimum Gasteiger partial charge on any atom is -0.317 e. The van der Waals surface area contributed by atoms with Crippen molar-refractivity contribution >= 4 is 0 Å². The molecule has 0 aliphatic carbocycles. The van der Waals surface area contributed by atoms with Gasteiger partial charge in [-0.1, -0.05) is 188 Å². The predicted molar refractivity (Wildman–Crippen MR) is 163 cm³/mol. The highest BCUT2D eigenvalue weighted by atomic mass is 14.8. The Balaban J connectivity index is 3.62. The maximum absolute atomic E-state index is 3.69. The van der Waals surface area contributed by atoms with Crippen molar-refractivity contribution in [2.45, 2.75) is 201 Å². The highest BCUT2D eigenvalue weighted by Gasteiger charge is 2.08. The lowest BCUT2D eigenvalue weighted by Gasteiger charge is -2.17. The molecule has 0 aromatic heterocycles. The first kappa shape index (κ1) is 35.0. The van der Waals surface area contributed by atoms with E-state index in [0.717, 1.165) is 5.92 Å². The molecule has 0 rings (SSSR count). The van der Waals surface area contributed by atoms with Crippen LogP contribution in [0.15, 0.2) is 0 Å². The molecule has 0 aliphatic heterocycles. The van der Waals surface area contributed by atoms with Gasteiger partial charge in [-0.3, -0.25) is 0 Å². The zero-order chi connectivity index (χ0) is 25.5. The summed E-state index contributed by atoms with van der Waals surface area (Å²) >= 11 is 0. The van der Waals surface area contributed by atoms with Gasteiger partial charge in [0.1, 0.15) is 0 Å². The molecule has 0 unspecified atom stereocenters. The fourth-order valence-corrected chi connectivity index (χ4v) is 5.58. The van der Waals surface area contributed by atoms with Gasteiger partial charge in [0.25, 0.3) is 0 Å². The standard InChI is InChI=1S/C34H71N/c1-4-7-10-13-16-17-22-27-32-35-33-28-23-18-21-26-31-34(29-24-19-14-11-8-5-2)30-25-20-15-12-9-6-3/h34-35H,4-33H2,1-3H3. The normalized spacial score (nSPS) is 11.7. The quantitative estimate of drug-likeness (QED) is 0.0946. The number of unbranched alkanes of at least 4 members (excludes halogenated alkanes) is 21. The lowest BCUT2D eigenvalue weighted by molar-refractivity contribution is 0.365. The van der Waals surface area contributed by atoms with Gasteiger partial charge < -0.3 is 5.32 Å². The SMILES string of the molecule is CCCCCCCCCCNCCCCCCCC(CCCCCCCC)CCCCCCCC. The molecule has 0 radical (unpaired) electrons. The van der Waals surface area contributed by atoms with E-state index in [4.69, 9.17) is 0 Å². The van der Waals surface area contributed by atoms with Crippen LogP contribution in [-0.2, 0) is 0 Å². The van der Waals surface area contributed by atoms with Gasteiger partial charge in [-0.05, 0) is 31.8 Å². The van der Waals surface area contributed by atoms with E-state index in [1.165, 1.54) is 193 Å². The van der Waals surface area contributed by atoms with Crippen LogP contribution in [0.25, 0.3) is 0 Å². The highest BCUT2D eigenvalue weighted by Crippen LogP contribution is 2.24. The van der Waals surface area contributed by atoms with Gasteiger partial charge in [0.15, 0.2) is 0 Å². The third-order valence-electron chi connectivity index (χ3n) is 8.10. The second-order valence-electron chi connectivity index (χ2n) is 11.8. The minimum absolute atomic E-state index is 1.03. The summed E-state index contributed by atoms with van der Waals surface area (Å²) in [4.78, 5) is 0. The molecular weight excluding hydrogens is 422 g/mol. The summed E-state index contributed by atoms with van der Waals surface area (Å²) in [6.07, 6.45) is 40.7. The first-order valence-corrected chi connectivity index (χ1v) is 17.1. The second kappa shape index (κ2) is 32.0. The van der Waals surface area contributed by atoms with Crippen molar-refractivity contribution in [1.82, 2.24) is 5.32 Å². The molecule has 0 heterocycles. The zero-order valence-corrected chi connectivity index (χ0v) is 25.3. The molecule has 212 valence electrons. The van der Waals surface area contributed by atoms with Crippen molar-refractivity contribution in [3.63, 3.8) is 0 Å². The number of hydrogen-bond acceptors (Lipinski definition) is 1. The highest BCUT2D eigenvalue weighted by molar-refractivity contribution is 4.62. The van der Waals surface area contributed by atoms with E-state index in [1.807, 2.05) is 0 Å². The van der Waals surface area contributed by atoms with Gasteiger partial charge in [-0.25, -0.2) is 0 Å². The summed E-state index contributed by atoms with van der Waals surface area (Å²) in [7, 11) is 0. The molecule has 0 aromatic carbocycles. The number of nitrogens with one attached hydrogen (secondary N) is 1. The molecule has 1 nitrogen and oxygen atoms in total. The molecule has 0 amide bonds. The fourth-order valence-electron chi connectivity index (χ4n) is 5.58. The van der Waals surface area contributed by atoms with Crippen LogP contribution < -0.4 is 5.32 Å². The molecular formula is C34H71N. The molecule has 0 saturated carbocycles. The summed E-state index contributed by atoms with van der Waals surface area (Å²) < 4.78 is 0. The van der Waals surface area contributed by atoms with Gasteiger partial charge >= 0.3 is 0 Å². The Labute approximate surface area is 224 Å². The monoisotopic (exact) mass is 494 g/mol. The van der Waals surface area contributed by atoms with E-state index in [0.29, 0.717) is 0 Å². The largest absolute Gasteiger partial charge is 0.317 e. The van der Waals surface area contributed by atoms with Crippen LogP contribution in [0, 0.1) is 5.92 Å². The Morgan fingerprint density at radius 3 is 0.886 bits per heavy atom. The van der Waals surface area contributed by atoms with Gasteiger partial charge in [-0.15, -0.1) is 0 Å². The van der Waals surface area contributed by atoms with E-state index < -0.39 is 0 Å². The van der Waals surface area contributed by atoms with Gasteiger partial charge in [0.05, 0.1) is 0 Å². The Bertz CT molecular complexity index is 336. The smallest absolute Gasteiger partial charge is 0.00489 e. The third kappa shape index (κ3) is 30.1. The average molecular weight is 494 g/mol. The molecule has 0 aliphatic rings. The van der Waals surface area contributed by atoms with Crippen LogP contribution in [0.1, 0.15) is 201 Å². The van der Waals surface area contributed by atoms with Crippen LogP contribution in [0.5, 0.6) is 0 Å². The van der Waals surface area contributed by atoms with E-state index in [1.54, 1.807) is 0 Å². The van der Waals surface area contributed by atoms with Crippen LogP contribution >= 0.6 is 0 Å². The zero-order valence-electron chi connectivity index (χ0n) is 25.3. The maximum Gasteiger partial charge on any atom is -0.00489 e. The molecule has 1 heteroatoms. The van der Waals surface area contributed by atoms with Gasteiger partial charge in [0.2, 0.25) is 0 Å². The van der Waals surface area contributed by atoms with Crippen molar-refractivity contribution in [2.24, 2.45) is 5.92 Å². The van der Waals surface area contributed by atoms with Gasteiger partial charge in [0, 0.05) is 0 Å². The van der Waals surface area contributed by atoms with E-state index in [9.17, 15) is 0 Å². The average Bonchev–Trinajstić information content (AvgIpc) is 2.87. The molecule has 0 saturated heterocycles. The third-order valence-corrected chi connectivity index (χ3v) is 8.10.